The molecule has 146 valence electrons. The number of piperidine rings is 1. The molecule has 0 unspecified atom stereocenters. The van der Waals surface area contributed by atoms with Crippen molar-refractivity contribution in [1.29, 1.82) is 0 Å². The fraction of sp³-hybridized carbons (Fsp3) is 0.333. The number of para-hydroxylation sites is 2. The maximum absolute atomic E-state index is 13.4. The number of hydrogen-bond donors (Lipinski definition) is 1. The van der Waals surface area contributed by atoms with Gasteiger partial charge in [0.25, 0.3) is 0 Å². The first-order valence-electron chi connectivity index (χ1n) is 9.40. The number of likely N-dealkylation sites (tertiary alicyclic amines) is 1. The molecule has 2 heterocycles. The normalized spacial score (nSPS) is 16.3. The van der Waals surface area contributed by atoms with Crippen LogP contribution >= 0.6 is 11.8 Å². The number of benzene rings is 2. The molecule has 2 aliphatic heterocycles. The van der Waals surface area contributed by atoms with Crippen LogP contribution in [-0.2, 0) is 9.53 Å². The topological polar surface area (TPSA) is 61.9 Å². The highest BCUT2D eigenvalue weighted by molar-refractivity contribution is 7.99. The number of ether oxygens (including phenoxy) is 1. The molecule has 0 bridgehead atoms. The van der Waals surface area contributed by atoms with E-state index in [2.05, 4.69) is 5.32 Å². The summed E-state index contributed by atoms with van der Waals surface area (Å²) in [7, 11) is 1.51. The second-order valence-electron chi connectivity index (χ2n) is 6.92. The zero-order valence-electron chi connectivity index (χ0n) is 15.8. The van der Waals surface area contributed by atoms with Crippen LogP contribution in [0.15, 0.2) is 58.3 Å². The van der Waals surface area contributed by atoms with Gasteiger partial charge in [0.2, 0.25) is 5.91 Å². The van der Waals surface area contributed by atoms with Crippen LogP contribution in [0.3, 0.4) is 0 Å². The van der Waals surface area contributed by atoms with E-state index in [1.807, 2.05) is 58.3 Å². The molecule has 0 radical (unpaired) electrons. The maximum atomic E-state index is 13.4. The van der Waals surface area contributed by atoms with Crippen molar-refractivity contribution in [2.24, 2.45) is 0 Å². The standard InChI is InChI=1S/C21H23N3O3S/c1-27-14-20(25)22-15-10-12-23(13-11-15)21(26)24-16-6-2-4-8-18(16)28-19-9-5-3-7-17(19)24/h2-9,15H,10-14H2,1H3,(H,22,25). The van der Waals surface area contributed by atoms with Gasteiger partial charge in [0.1, 0.15) is 6.61 Å². The van der Waals surface area contributed by atoms with E-state index in [4.69, 9.17) is 4.74 Å². The zero-order chi connectivity index (χ0) is 19.5. The van der Waals surface area contributed by atoms with E-state index in [1.165, 1.54) is 7.11 Å². The van der Waals surface area contributed by atoms with Crippen LogP contribution in [0.1, 0.15) is 12.8 Å². The lowest BCUT2D eigenvalue weighted by Gasteiger charge is -2.38. The molecule has 6 nitrogen and oxygen atoms in total. The molecule has 2 aromatic carbocycles. The molecule has 28 heavy (non-hydrogen) atoms. The Hall–Kier alpha value is -2.51. The van der Waals surface area contributed by atoms with Gasteiger partial charge in [-0.1, -0.05) is 36.0 Å². The molecule has 1 fully saturated rings. The Morgan fingerprint density at radius 3 is 2.18 bits per heavy atom. The Balaban J connectivity index is 1.51. The Morgan fingerprint density at radius 1 is 1.04 bits per heavy atom. The molecular formula is C21H23N3O3S. The third-order valence-corrected chi connectivity index (χ3v) is 6.16. The molecule has 1 N–H and O–H groups in total. The van der Waals surface area contributed by atoms with Gasteiger partial charge in [-0.25, -0.2) is 4.79 Å². The molecule has 1 saturated heterocycles. The summed E-state index contributed by atoms with van der Waals surface area (Å²) < 4.78 is 4.87. The number of urea groups is 1. The molecule has 0 aromatic heterocycles. The minimum atomic E-state index is -0.108. The van der Waals surface area contributed by atoms with Crippen LogP contribution in [-0.4, -0.2) is 49.7 Å². The Labute approximate surface area is 168 Å². The first-order valence-corrected chi connectivity index (χ1v) is 10.2. The van der Waals surface area contributed by atoms with Gasteiger partial charge in [0.15, 0.2) is 0 Å². The highest BCUT2D eigenvalue weighted by atomic mass is 32.2. The molecule has 2 aromatic rings. The fourth-order valence-corrected chi connectivity index (χ4v) is 4.73. The van der Waals surface area contributed by atoms with E-state index in [0.29, 0.717) is 13.1 Å². The number of methoxy groups -OCH3 is 1. The summed E-state index contributed by atoms with van der Waals surface area (Å²) >= 11 is 1.69. The van der Waals surface area contributed by atoms with Gasteiger partial charge >= 0.3 is 6.03 Å². The van der Waals surface area contributed by atoms with Crippen molar-refractivity contribution in [3.05, 3.63) is 48.5 Å². The monoisotopic (exact) mass is 397 g/mol. The number of amides is 3. The molecule has 0 spiro atoms. The SMILES string of the molecule is COCC(=O)NC1CCN(C(=O)N2c3ccccc3Sc3ccccc32)CC1. The van der Waals surface area contributed by atoms with Crippen molar-refractivity contribution >= 4 is 35.1 Å². The predicted octanol–water partition coefficient (Wildman–Crippen LogP) is 3.64. The van der Waals surface area contributed by atoms with Gasteiger partial charge in [-0.15, -0.1) is 0 Å². The van der Waals surface area contributed by atoms with E-state index < -0.39 is 0 Å². The Bertz CT molecular complexity index is 835. The predicted molar refractivity (Wildman–Crippen MR) is 109 cm³/mol. The number of nitrogens with one attached hydrogen (secondary N) is 1. The second kappa shape index (κ2) is 8.24. The van der Waals surface area contributed by atoms with Crippen LogP contribution in [0.25, 0.3) is 0 Å². The molecular weight excluding hydrogens is 374 g/mol. The summed E-state index contributed by atoms with van der Waals surface area (Å²) in [5.74, 6) is -0.108. The van der Waals surface area contributed by atoms with Crippen molar-refractivity contribution in [1.82, 2.24) is 10.2 Å². The van der Waals surface area contributed by atoms with E-state index >= 15 is 0 Å². The van der Waals surface area contributed by atoms with Gasteiger partial charge in [0.05, 0.1) is 11.4 Å². The largest absolute Gasteiger partial charge is 0.375 e. The molecule has 0 atom stereocenters. The summed E-state index contributed by atoms with van der Waals surface area (Å²) in [4.78, 5) is 31.0. The summed E-state index contributed by atoms with van der Waals surface area (Å²) in [5, 5.41) is 2.97. The molecule has 2 aliphatic rings. The number of hydrogen-bond acceptors (Lipinski definition) is 4. The fourth-order valence-electron chi connectivity index (χ4n) is 3.67. The third kappa shape index (κ3) is 3.72. The van der Waals surface area contributed by atoms with Crippen molar-refractivity contribution in [3.63, 3.8) is 0 Å². The highest BCUT2D eigenvalue weighted by Gasteiger charge is 2.33. The van der Waals surface area contributed by atoms with Crippen LogP contribution in [0.2, 0.25) is 0 Å². The van der Waals surface area contributed by atoms with Gasteiger partial charge < -0.3 is 15.0 Å². The molecule has 3 amide bonds. The Kier molecular flexibility index (Phi) is 5.54. The van der Waals surface area contributed by atoms with Crippen LogP contribution in [0.4, 0.5) is 16.2 Å². The summed E-state index contributed by atoms with van der Waals surface area (Å²) in [6.45, 7) is 1.30. The summed E-state index contributed by atoms with van der Waals surface area (Å²) in [6.07, 6.45) is 1.49. The second-order valence-corrected chi connectivity index (χ2v) is 8.00. The number of carbonyl (C=O) groups is 2. The summed E-state index contributed by atoms with van der Waals surface area (Å²) in [6, 6.07) is 16.1. The quantitative estimate of drug-likeness (QED) is 0.859. The number of carbonyl (C=O) groups excluding carboxylic acids is 2. The Morgan fingerprint density at radius 2 is 1.61 bits per heavy atom. The van der Waals surface area contributed by atoms with Crippen molar-refractivity contribution in [2.75, 3.05) is 31.7 Å². The lowest BCUT2D eigenvalue weighted by atomic mass is 10.1. The third-order valence-electron chi connectivity index (χ3n) is 5.03. The molecule has 0 saturated carbocycles. The minimum Gasteiger partial charge on any atom is -0.375 e. The molecule has 4 rings (SSSR count). The first-order chi connectivity index (χ1) is 13.7. The molecule has 7 heteroatoms. The van der Waals surface area contributed by atoms with Crippen molar-refractivity contribution < 1.29 is 14.3 Å². The lowest BCUT2D eigenvalue weighted by Crippen LogP contribution is -2.50. The van der Waals surface area contributed by atoms with Crippen LogP contribution < -0.4 is 10.2 Å². The van der Waals surface area contributed by atoms with E-state index in [-0.39, 0.29) is 24.6 Å². The van der Waals surface area contributed by atoms with Crippen LogP contribution in [0, 0.1) is 0 Å². The number of anilines is 2. The average molecular weight is 398 g/mol. The number of fused-ring (bicyclic) bond motifs is 2. The summed E-state index contributed by atoms with van der Waals surface area (Å²) in [5.41, 5.74) is 1.85. The minimum absolute atomic E-state index is 0.0122. The van der Waals surface area contributed by atoms with Crippen molar-refractivity contribution in [2.45, 2.75) is 28.7 Å². The van der Waals surface area contributed by atoms with Gasteiger partial charge in [0, 0.05) is 36.0 Å². The average Bonchev–Trinajstić information content (AvgIpc) is 2.72. The van der Waals surface area contributed by atoms with E-state index in [1.54, 1.807) is 11.8 Å². The lowest BCUT2D eigenvalue weighted by molar-refractivity contribution is -0.125. The smallest absolute Gasteiger partial charge is 0.329 e. The van der Waals surface area contributed by atoms with E-state index in [9.17, 15) is 9.59 Å². The van der Waals surface area contributed by atoms with Gasteiger partial charge in [-0.2, -0.15) is 0 Å². The van der Waals surface area contributed by atoms with Crippen molar-refractivity contribution in [3.8, 4) is 0 Å². The number of rotatable bonds is 3. The number of nitrogens with zero attached hydrogens (tertiary/aromatic N) is 2. The van der Waals surface area contributed by atoms with Gasteiger partial charge in [-0.05, 0) is 37.1 Å². The maximum Gasteiger partial charge on any atom is 0.329 e. The van der Waals surface area contributed by atoms with Gasteiger partial charge in [-0.3, -0.25) is 9.69 Å². The molecule has 0 aliphatic carbocycles. The highest BCUT2D eigenvalue weighted by Crippen LogP contribution is 2.48. The zero-order valence-corrected chi connectivity index (χ0v) is 16.6. The first kappa shape index (κ1) is 18.8. The van der Waals surface area contributed by atoms with Crippen LogP contribution in [0.5, 0.6) is 0 Å². The van der Waals surface area contributed by atoms with E-state index in [0.717, 1.165) is 34.0 Å².